The van der Waals surface area contributed by atoms with E-state index in [2.05, 4.69) is 16.9 Å². The highest BCUT2D eigenvalue weighted by Crippen LogP contribution is 2.36. The summed E-state index contributed by atoms with van der Waals surface area (Å²) in [5, 5.41) is 0. The van der Waals surface area contributed by atoms with E-state index in [9.17, 15) is 9.59 Å². The summed E-state index contributed by atoms with van der Waals surface area (Å²) in [6, 6.07) is 14.2. The normalized spacial score (nSPS) is 11.6. The van der Waals surface area contributed by atoms with Crippen LogP contribution in [0.5, 0.6) is 0 Å². The van der Waals surface area contributed by atoms with E-state index < -0.39 is 0 Å². The van der Waals surface area contributed by atoms with Gasteiger partial charge in [0, 0.05) is 25.8 Å². The molecular weight excluding hydrogens is 330 g/mol. The minimum absolute atomic E-state index is 0.0929. The van der Waals surface area contributed by atoms with Gasteiger partial charge in [-0.1, -0.05) is 30.3 Å². The average molecular weight is 353 g/mol. The van der Waals surface area contributed by atoms with Crippen molar-refractivity contribution < 1.29 is 19.1 Å². The monoisotopic (exact) mass is 353 g/mol. The van der Waals surface area contributed by atoms with Crippen molar-refractivity contribution in [3.63, 3.8) is 0 Å². The van der Waals surface area contributed by atoms with Crippen molar-refractivity contribution in [2.45, 2.75) is 12.8 Å². The quantitative estimate of drug-likeness (QED) is 0.613. The number of fused-ring (bicyclic) bond motifs is 3. The number of nitrogens with zero attached hydrogens (tertiary/aromatic N) is 1. The van der Waals surface area contributed by atoms with Crippen LogP contribution in [0.2, 0.25) is 0 Å². The molecule has 5 nitrogen and oxygen atoms in total. The van der Waals surface area contributed by atoms with Gasteiger partial charge < -0.3 is 14.4 Å². The van der Waals surface area contributed by atoms with Gasteiger partial charge >= 0.3 is 5.97 Å². The minimum Gasteiger partial charge on any atom is -0.469 e. The first-order valence-electron chi connectivity index (χ1n) is 8.70. The molecule has 0 N–H and O–H groups in total. The molecule has 26 heavy (non-hydrogen) atoms. The standard InChI is InChI=1S/C21H23NO4/c1-25-12-11-22(10-9-20(23)26-2)21(24)16-7-8-19-17(14-16)13-15-5-3-4-6-18(15)19/h3-8,14H,9-13H2,1-2H3. The van der Waals surface area contributed by atoms with Gasteiger partial charge in [-0.05, 0) is 40.8 Å². The Balaban J connectivity index is 1.79. The Morgan fingerprint density at radius 3 is 2.54 bits per heavy atom. The zero-order valence-corrected chi connectivity index (χ0v) is 15.2. The summed E-state index contributed by atoms with van der Waals surface area (Å²) in [4.78, 5) is 26.0. The van der Waals surface area contributed by atoms with E-state index in [1.807, 2.05) is 30.3 Å². The third-order valence-corrected chi connectivity index (χ3v) is 4.71. The van der Waals surface area contributed by atoms with Crippen LogP contribution in [0.3, 0.4) is 0 Å². The second-order valence-corrected chi connectivity index (χ2v) is 6.32. The Morgan fingerprint density at radius 1 is 1.00 bits per heavy atom. The molecule has 0 aromatic heterocycles. The molecule has 0 bridgehead atoms. The van der Waals surface area contributed by atoms with Crippen LogP contribution in [0.4, 0.5) is 0 Å². The van der Waals surface area contributed by atoms with Crippen LogP contribution in [0.15, 0.2) is 42.5 Å². The topological polar surface area (TPSA) is 55.8 Å². The Kier molecular flexibility index (Phi) is 5.68. The van der Waals surface area contributed by atoms with Gasteiger partial charge in [0.05, 0.1) is 20.1 Å². The first-order valence-corrected chi connectivity index (χ1v) is 8.70. The van der Waals surface area contributed by atoms with E-state index in [-0.39, 0.29) is 18.3 Å². The van der Waals surface area contributed by atoms with Crippen molar-refractivity contribution in [2.24, 2.45) is 0 Å². The van der Waals surface area contributed by atoms with Gasteiger partial charge in [-0.15, -0.1) is 0 Å². The molecule has 1 aliphatic rings. The van der Waals surface area contributed by atoms with Crippen LogP contribution in [-0.2, 0) is 20.7 Å². The Bertz CT molecular complexity index is 815. The lowest BCUT2D eigenvalue weighted by Crippen LogP contribution is -2.35. The molecule has 136 valence electrons. The maximum Gasteiger partial charge on any atom is 0.307 e. The van der Waals surface area contributed by atoms with Crippen LogP contribution < -0.4 is 0 Å². The summed E-state index contributed by atoms with van der Waals surface area (Å²) in [5.74, 6) is -0.422. The Hall–Kier alpha value is -2.66. The highest BCUT2D eigenvalue weighted by molar-refractivity contribution is 5.96. The molecule has 0 fully saturated rings. The third-order valence-electron chi connectivity index (χ3n) is 4.71. The lowest BCUT2D eigenvalue weighted by atomic mass is 10.0. The summed E-state index contributed by atoms with van der Waals surface area (Å²) in [7, 11) is 2.94. The highest BCUT2D eigenvalue weighted by atomic mass is 16.5. The molecule has 0 atom stereocenters. The predicted molar refractivity (Wildman–Crippen MR) is 99.1 cm³/mol. The first kappa shape index (κ1) is 18.1. The molecule has 0 spiro atoms. The van der Waals surface area contributed by atoms with Crippen LogP contribution in [0.25, 0.3) is 11.1 Å². The summed E-state index contributed by atoms with van der Waals surface area (Å²) in [6.45, 7) is 1.17. The highest BCUT2D eigenvalue weighted by Gasteiger charge is 2.22. The van der Waals surface area contributed by atoms with Crippen molar-refractivity contribution >= 4 is 11.9 Å². The fourth-order valence-corrected chi connectivity index (χ4v) is 3.31. The largest absolute Gasteiger partial charge is 0.469 e. The maximum absolute atomic E-state index is 12.9. The minimum atomic E-state index is -0.329. The molecular formula is C21H23NO4. The number of benzene rings is 2. The number of hydrogen-bond acceptors (Lipinski definition) is 4. The predicted octanol–water partition coefficient (Wildman–Crippen LogP) is 2.91. The van der Waals surface area contributed by atoms with Crippen LogP contribution in [0, 0.1) is 0 Å². The number of ether oxygens (including phenoxy) is 2. The van der Waals surface area contributed by atoms with Gasteiger partial charge in [0.1, 0.15) is 0 Å². The summed E-state index contributed by atoms with van der Waals surface area (Å²) >= 11 is 0. The molecule has 0 saturated heterocycles. The number of amides is 1. The second-order valence-electron chi connectivity index (χ2n) is 6.32. The Morgan fingerprint density at radius 2 is 1.77 bits per heavy atom. The molecule has 0 unspecified atom stereocenters. The molecule has 0 aliphatic heterocycles. The smallest absolute Gasteiger partial charge is 0.307 e. The van der Waals surface area contributed by atoms with Crippen LogP contribution in [-0.4, -0.2) is 50.7 Å². The van der Waals surface area contributed by atoms with E-state index in [0.717, 1.165) is 12.0 Å². The average Bonchev–Trinajstić information content (AvgIpc) is 3.05. The second kappa shape index (κ2) is 8.15. The van der Waals surface area contributed by atoms with Gasteiger partial charge in [0.2, 0.25) is 0 Å². The molecule has 2 aromatic carbocycles. The van der Waals surface area contributed by atoms with E-state index in [4.69, 9.17) is 4.74 Å². The van der Waals surface area contributed by atoms with E-state index in [1.54, 1.807) is 12.0 Å². The number of carbonyl (C=O) groups excluding carboxylic acids is 2. The summed E-state index contributed by atoms with van der Waals surface area (Å²) in [5.41, 5.74) is 5.52. The number of rotatable bonds is 7. The van der Waals surface area contributed by atoms with Gasteiger partial charge in [0.25, 0.3) is 5.91 Å². The number of methoxy groups -OCH3 is 2. The van der Waals surface area contributed by atoms with Gasteiger partial charge in [-0.25, -0.2) is 0 Å². The summed E-state index contributed by atoms with van der Waals surface area (Å²) in [6.07, 6.45) is 1.01. The Labute approximate surface area is 153 Å². The first-order chi connectivity index (χ1) is 12.6. The van der Waals surface area contributed by atoms with Crippen LogP contribution in [0.1, 0.15) is 27.9 Å². The molecule has 2 aromatic rings. The number of hydrogen-bond donors (Lipinski definition) is 0. The molecule has 1 aliphatic carbocycles. The van der Waals surface area contributed by atoms with Crippen molar-refractivity contribution in [3.05, 3.63) is 59.2 Å². The lowest BCUT2D eigenvalue weighted by molar-refractivity contribution is -0.140. The van der Waals surface area contributed by atoms with Crippen molar-refractivity contribution in [1.82, 2.24) is 4.90 Å². The van der Waals surface area contributed by atoms with Gasteiger partial charge in [-0.3, -0.25) is 9.59 Å². The van der Waals surface area contributed by atoms with E-state index >= 15 is 0 Å². The number of esters is 1. The fraction of sp³-hybridized carbons (Fsp3) is 0.333. The van der Waals surface area contributed by atoms with Crippen molar-refractivity contribution in [3.8, 4) is 11.1 Å². The number of carbonyl (C=O) groups is 2. The van der Waals surface area contributed by atoms with Crippen LogP contribution >= 0.6 is 0 Å². The molecule has 1 amide bonds. The van der Waals surface area contributed by atoms with E-state index in [1.165, 1.54) is 23.8 Å². The van der Waals surface area contributed by atoms with Crippen molar-refractivity contribution in [2.75, 3.05) is 33.9 Å². The molecule has 0 radical (unpaired) electrons. The third kappa shape index (κ3) is 3.78. The maximum atomic E-state index is 12.9. The molecule has 0 heterocycles. The summed E-state index contributed by atoms with van der Waals surface area (Å²) < 4.78 is 9.78. The zero-order valence-electron chi connectivity index (χ0n) is 15.2. The lowest BCUT2D eigenvalue weighted by Gasteiger charge is -2.22. The zero-order chi connectivity index (χ0) is 18.5. The molecule has 3 rings (SSSR count). The fourth-order valence-electron chi connectivity index (χ4n) is 3.31. The van der Waals surface area contributed by atoms with Crippen molar-refractivity contribution in [1.29, 1.82) is 0 Å². The molecule has 0 saturated carbocycles. The molecule has 5 heteroatoms. The van der Waals surface area contributed by atoms with Gasteiger partial charge in [-0.2, -0.15) is 0 Å². The van der Waals surface area contributed by atoms with E-state index in [0.29, 0.717) is 25.3 Å². The van der Waals surface area contributed by atoms with Gasteiger partial charge in [0.15, 0.2) is 0 Å². The SMILES string of the molecule is COCCN(CCC(=O)OC)C(=O)c1ccc2c(c1)Cc1ccccc1-2.